The molecule has 19 heavy (non-hydrogen) atoms. The number of aromatic nitrogens is 3. The largest absolute Gasteiger partial charge is 0.311 e. The number of hydrogen-bond acceptors (Lipinski definition) is 6. The van der Waals surface area contributed by atoms with E-state index in [0.717, 1.165) is 30.1 Å². The van der Waals surface area contributed by atoms with E-state index in [-0.39, 0.29) is 5.03 Å². The van der Waals surface area contributed by atoms with Gasteiger partial charge in [0.1, 0.15) is 0 Å². The van der Waals surface area contributed by atoms with E-state index in [9.17, 15) is 8.42 Å². The second-order valence-electron chi connectivity index (χ2n) is 4.21. The number of nitrogens with one attached hydrogen (secondary N) is 2. The molecule has 0 fully saturated rings. The Balaban J connectivity index is 1.89. The molecule has 0 amide bonds. The summed E-state index contributed by atoms with van der Waals surface area (Å²) in [7, 11) is -2.03. The fraction of sp³-hybridized carbons (Fsp3) is 0.400. The molecule has 2 N–H and O–H groups in total. The number of thiazole rings is 1. The Morgan fingerprint density at radius 2 is 2.37 bits per heavy atom. The van der Waals surface area contributed by atoms with Crippen LogP contribution in [0.15, 0.2) is 17.3 Å². The minimum atomic E-state index is -3.62. The van der Waals surface area contributed by atoms with Crippen LogP contribution in [0.5, 0.6) is 0 Å². The van der Waals surface area contributed by atoms with Gasteiger partial charge in [-0.25, -0.2) is 4.98 Å². The Kier molecular flexibility index (Phi) is 3.03. The average molecular weight is 299 g/mol. The Morgan fingerprint density at radius 3 is 3.05 bits per heavy atom. The molecule has 0 unspecified atom stereocenters. The summed E-state index contributed by atoms with van der Waals surface area (Å²) in [4.78, 5) is 5.43. The first kappa shape index (κ1) is 12.6. The highest BCUT2D eigenvalue weighted by Crippen LogP contribution is 2.27. The normalized spacial score (nSPS) is 15.2. The maximum absolute atomic E-state index is 12.2. The van der Waals surface area contributed by atoms with Crippen LogP contribution in [0.2, 0.25) is 0 Å². The number of sulfonamides is 1. The van der Waals surface area contributed by atoms with Gasteiger partial charge in [0, 0.05) is 31.4 Å². The van der Waals surface area contributed by atoms with Crippen molar-refractivity contribution in [2.24, 2.45) is 7.05 Å². The van der Waals surface area contributed by atoms with Gasteiger partial charge in [-0.3, -0.25) is 9.40 Å². The van der Waals surface area contributed by atoms with Crippen LogP contribution in [0.4, 0.5) is 5.13 Å². The molecule has 0 atom stereocenters. The van der Waals surface area contributed by atoms with Gasteiger partial charge in [0.2, 0.25) is 0 Å². The first-order chi connectivity index (χ1) is 9.06. The molecule has 0 bridgehead atoms. The van der Waals surface area contributed by atoms with Crippen molar-refractivity contribution in [1.82, 2.24) is 20.1 Å². The highest BCUT2D eigenvalue weighted by Gasteiger charge is 2.22. The van der Waals surface area contributed by atoms with Crippen LogP contribution in [0.3, 0.4) is 0 Å². The molecule has 7 nitrogen and oxygen atoms in total. The Labute approximate surface area is 114 Å². The zero-order valence-electron chi connectivity index (χ0n) is 10.3. The third-order valence-corrected chi connectivity index (χ3v) is 5.43. The van der Waals surface area contributed by atoms with Gasteiger partial charge in [-0.05, 0) is 6.07 Å². The molecule has 0 aliphatic carbocycles. The fourth-order valence-electron chi connectivity index (χ4n) is 1.96. The number of rotatable bonds is 3. The van der Waals surface area contributed by atoms with E-state index in [1.807, 2.05) is 0 Å². The number of nitrogens with zero attached hydrogens (tertiary/aromatic N) is 3. The van der Waals surface area contributed by atoms with Gasteiger partial charge in [-0.1, -0.05) is 11.3 Å². The van der Waals surface area contributed by atoms with E-state index in [1.54, 1.807) is 7.05 Å². The maximum Gasteiger partial charge on any atom is 0.280 e. The molecule has 0 radical (unpaired) electrons. The second-order valence-corrected chi connectivity index (χ2v) is 6.93. The molecule has 0 aromatic carbocycles. The van der Waals surface area contributed by atoms with E-state index in [0.29, 0.717) is 5.13 Å². The van der Waals surface area contributed by atoms with Crippen molar-refractivity contribution in [2.45, 2.75) is 18.0 Å². The third kappa shape index (κ3) is 2.36. The summed E-state index contributed by atoms with van der Waals surface area (Å²) in [6, 6.07) is 1.46. The molecule has 9 heteroatoms. The van der Waals surface area contributed by atoms with Crippen LogP contribution < -0.4 is 10.0 Å². The molecule has 102 valence electrons. The summed E-state index contributed by atoms with van der Waals surface area (Å²) in [5, 5.41) is 7.63. The van der Waals surface area contributed by atoms with Crippen molar-refractivity contribution < 1.29 is 8.42 Å². The van der Waals surface area contributed by atoms with E-state index < -0.39 is 10.0 Å². The first-order valence-corrected chi connectivity index (χ1v) is 8.06. The van der Waals surface area contributed by atoms with Crippen LogP contribution in [0, 0.1) is 0 Å². The van der Waals surface area contributed by atoms with Crippen molar-refractivity contribution in [1.29, 1.82) is 0 Å². The Morgan fingerprint density at radius 1 is 1.53 bits per heavy atom. The lowest BCUT2D eigenvalue weighted by Gasteiger charge is -2.09. The molecule has 1 aliphatic rings. The Hall–Kier alpha value is -1.45. The van der Waals surface area contributed by atoms with E-state index in [1.165, 1.54) is 28.3 Å². The molecular formula is C10H13N5O2S2. The lowest BCUT2D eigenvalue weighted by Crippen LogP contribution is -2.22. The van der Waals surface area contributed by atoms with Crippen LogP contribution in [0.1, 0.15) is 10.6 Å². The molecule has 2 aromatic rings. The summed E-state index contributed by atoms with van der Waals surface area (Å²) < 4.78 is 28.2. The van der Waals surface area contributed by atoms with E-state index in [4.69, 9.17) is 0 Å². The second kappa shape index (κ2) is 4.58. The van der Waals surface area contributed by atoms with Gasteiger partial charge < -0.3 is 5.32 Å². The minimum Gasteiger partial charge on any atom is -0.311 e. The molecule has 0 saturated carbocycles. The summed E-state index contributed by atoms with van der Waals surface area (Å²) in [5.41, 5.74) is 0.978. The minimum absolute atomic E-state index is 0.124. The highest BCUT2D eigenvalue weighted by molar-refractivity contribution is 7.92. The predicted octanol–water partition coefficient (Wildman–Crippen LogP) is 0.323. The molecular weight excluding hydrogens is 286 g/mol. The zero-order chi connectivity index (χ0) is 13.5. The topological polar surface area (TPSA) is 88.9 Å². The average Bonchev–Trinajstić information content (AvgIpc) is 2.93. The van der Waals surface area contributed by atoms with Crippen LogP contribution in [-0.4, -0.2) is 29.7 Å². The molecule has 1 aliphatic heterocycles. The summed E-state index contributed by atoms with van der Waals surface area (Å²) in [6.45, 7) is 1.63. The quantitative estimate of drug-likeness (QED) is 0.852. The van der Waals surface area contributed by atoms with E-state index >= 15 is 0 Å². The molecule has 2 aromatic heterocycles. The summed E-state index contributed by atoms with van der Waals surface area (Å²) in [6.07, 6.45) is 2.28. The van der Waals surface area contributed by atoms with Gasteiger partial charge in [0.15, 0.2) is 10.2 Å². The Bertz CT molecular complexity index is 680. The van der Waals surface area contributed by atoms with Crippen molar-refractivity contribution in [3.63, 3.8) is 0 Å². The third-order valence-electron chi connectivity index (χ3n) is 2.88. The van der Waals surface area contributed by atoms with Gasteiger partial charge in [0.25, 0.3) is 10.0 Å². The molecule has 0 saturated heterocycles. The van der Waals surface area contributed by atoms with Crippen LogP contribution in [0.25, 0.3) is 0 Å². The fourth-order valence-corrected chi connectivity index (χ4v) is 4.30. The van der Waals surface area contributed by atoms with E-state index in [2.05, 4.69) is 20.1 Å². The lowest BCUT2D eigenvalue weighted by atomic mass is 10.2. The number of fused-ring (bicyclic) bond motifs is 1. The highest BCUT2D eigenvalue weighted by atomic mass is 32.2. The summed E-state index contributed by atoms with van der Waals surface area (Å²) in [5.74, 6) is 0. The summed E-state index contributed by atoms with van der Waals surface area (Å²) >= 11 is 1.37. The SMILES string of the molecule is Cn1nccc1S(=O)(=O)Nc1nc2c(s1)CNCC2. The van der Waals surface area contributed by atoms with Gasteiger partial charge in [-0.2, -0.15) is 13.5 Å². The van der Waals surface area contributed by atoms with Gasteiger partial charge >= 0.3 is 0 Å². The zero-order valence-corrected chi connectivity index (χ0v) is 11.9. The van der Waals surface area contributed by atoms with Crippen molar-refractivity contribution in [3.8, 4) is 0 Å². The lowest BCUT2D eigenvalue weighted by molar-refractivity contribution is 0.582. The van der Waals surface area contributed by atoms with Gasteiger partial charge in [0.05, 0.1) is 11.9 Å². The molecule has 0 spiro atoms. The molecule has 3 rings (SSSR count). The van der Waals surface area contributed by atoms with Crippen LogP contribution >= 0.6 is 11.3 Å². The predicted molar refractivity (Wildman–Crippen MR) is 71.5 cm³/mol. The number of aryl methyl sites for hydroxylation is 1. The smallest absolute Gasteiger partial charge is 0.280 e. The first-order valence-electron chi connectivity index (χ1n) is 5.76. The monoisotopic (exact) mass is 299 g/mol. The number of anilines is 1. The van der Waals surface area contributed by atoms with Crippen LogP contribution in [-0.2, 0) is 30.0 Å². The van der Waals surface area contributed by atoms with Crippen molar-refractivity contribution >= 4 is 26.5 Å². The van der Waals surface area contributed by atoms with Crippen molar-refractivity contribution in [3.05, 3.63) is 22.8 Å². The van der Waals surface area contributed by atoms with Gasteiger partial charge in [-0.15, -0.1) is 0 Å². The number of hydrogen-bond donors (Lipinski definition) is 2. The molecule has 3 heterocycles. The maximum atomic E-state index is 12.2. The van der Waals surface area contributed by atoms with Crippen molar-refractivity contribution in [2.75, 3.05) is 11.3 Å². The standard InChI is InChI=1S/C10H13N5O2S2/c1-15-9(3-5-12-15)19(16,17)14-10-13-7-2-4-11-6-8(7)18-10/h3,5,11H,2,4,6H2,1H3,(H,13,14).